The van der Waals surface area contributed by atoms with Gasteiger partial charge in [0.1, 0.15) is 5.82 Å². The van der Waals surface area contributed by atoms with E-state index in [0.29, 0.717) is 22.3 Å². The second kappa shape index (κ2) is 4.74. The van der Waals surface area contributed by atoms with Crippen LogP contribution in [0.5, 0.6) is 0 Å². The van der Waals surface area contributed by atoms with Crippen molar-refractivity contribution < 1.29 is 8.78 Å². The molecule has 4 nitrogen and oxygen atoms in total. The van der Waals surface area contributed by atoms with Crippen molar-refractivity contribution in [3.05, 3.63) is 63.9 Å². The number of hydrogen-bond donors (Lipinski definition) is 2. The molecule has 0 saturated heterocycles. The third kappa shape index (κ3) is 2.11. The van der Waals surface area contributed by atoms with Crippen LogP contribution in [0.4, 0.5) is 8.78 Å². The number of aromatic amines is 2. The van der Waals surface area contributed by atoms with Gasteiger partial charge in [-0.3, -0.25) is 4.79 Å². The number of hydrogen-bond acceptors (Lipinski definition) is 2. The molecule has 6 heteroatoms. The van der Waals surface area contributed by atoms with Crippen LogP contribution in [0.3, 0.4) is 0 Å². The van der Waals surface area contributed by atoms with E-state index >= 15 is 0 Å². The number of imidazole rings is 1. The average molecular weight is 311 g/mol. The van der Waals surface area contributed by atoms with Crippen molar-refractivity contribution in [2.45, 2.75) is 6.92 Å². The van der Waals surface area contributed by atoms with E-state index in [4.69, 9.17) is 0 Å². The minimum Gasteiger partial charge on any atom is -0.338 e. The highest BCUT2D eigenvalue weighted by Gasteiger charge is 2.19. The molecule has 4 rings (SSSR count). The minimum absolute atomic E-state index is 0.268. The van der Waals surface area contributed by atoms with Gasteiger partial charge in [0.05, 0.1) is 16.6 Å². The standard InChI is InChI=1S/C17H11F2N3O/c1-8-2-4-9-12(5-3-8)22-17(23)15(9)16-20-13-6-10(18)11(19)7-14(13)21-16/h2-7H,1H3,(H,20,21)(H,22,23). The van der Waals surface area contributed by atoms with E-state index in [0.717, 1.165) is 17.7 Å². The van der Waals surface area contributed by atoms with Crippen LogP contribution in [-0.2, 0) is 0 Å². The fourth-order valence-electron chi connectivity index (χ4n) is 2.66. The van der Waals surface area contributed by atoms with Gasteiger partial charge in [0.15, 0.2) is 11.6 Å². The molecule has 0 spiro atoms. The smallest absolute Gasteiger partial charge is 0.260 e. The number of aryl methyl sites for hydroxylation is 1. The fourth-order valence-corrected chi connectivity index (χ4v) is 2.66. The Balaban J connectivity index is 2.00. The van der Waals surface area contributed by atoms with Crippen LogP contribution in [-0.4, -0.2) is 15.0 Å². The maximum absolute atomic E-state index is 13.3. The normalized spacial score (nSPS) is 11.4. The van der Waals surface area contributed by atoms with Gasteiger partial charge in [-0.1, -0.05) is 23.8 Å². The summed E-state index contributed by atoms with van der Waals surface area (Å²) in [5.41, 5.74) is 3.07. The largest absolute Gasteiger partial charge is 0.338 e. The van der Waals surface area contributed by atoms with Gasteiger partial charge >= 0.3 is 0 Å². The summed E-state index contributed by atoms with van der Waals surface area (Å²) in [7, 11) is 0. The molecule has 0 unspecified atom stereocenters. The van der Waals surface area contributed by atoms with Crippen molar-refractivity contribution in [3.8, 4) is 22.6 Å². The molecule has 1 aromatic carbocycles. The topological polar surface area (TPSA) is 61.5 Å². The lowest BCUT2D eigenvalue weighted by molar-refractivity contribution is 0.510. The van der Waals surface area contributed by atoms with Gasteiger partial charge in [-0.25, -0.2) is 13.8 Å². The van der Waals surface area contributed by atoms with E-state index in [9.17, 15) is 13.6 Å². The van der Waals surface area contributed by atoms with E-state index in [-0.39, 0.29) is 16.9 Å². The predicted octanol–water partition coefficient (Wildman–Crippen LogP) is 3.61. The summed E-state index contributed by atoms with van der Waals surface area (Å²) in [4.78, 5) is 22.2. The first-order valence-electron chi connectivity index (χ1n) is 7.01. The molecule has 2 aliphatic rings. The highest BCUT2D eigenvalue weighted by atomic mass is 19.2. The molecule has 2 heterocycles. The number of rotatable bonds is 1. The number of nitrogens with zero attached hydrogens (tertiary/aromatic N) is 1. The van der Waals surface area contributed by atoms with Crippen LogP contribution in [0.1, 0.15) is 5.56 Å². The van der Waals surface area contributed by atoms with E-state index < -0.39 is 11.6 Å². The summed E-state index contributed by atoms with van der Waals surface area (Å²) in [6, 6.07) is 9.47. The highest BCUT2D eigenvalue weighted by Crippen LogP contribution is 2.29. The molecule has 114 valence electrons. The zero-order chi connectivity index (χ0) is 16.1. The molecule has 0 fully saturated rings. The lowest BCUT2D eigenvalue weighted by Gasteiger charge is -1.94. The summed E-state index contributed by atoms with van der Waals surface area (Å²) < 4.78 is 26.7. The minimum atomic E-state index is -0.973. The van der Waals surface area contributed by atoms with Gasteiger partial charge < -0.3 is 9.97 Å². The maximum atomic E-state index is 13.3. The fraction of sp³-hybridized carbons (Fsp3) is 0.0588. The van der Waals surface area contributed by atoms with Crippen LogP contribution < -0.4 is 5.56 Å². The zero-order valence-corrected chi connectivity index (χ0v) is 12.1. The Kier molecular flexibility index (Phi) is 2.81. The average Bonchev–Trinajstić information content (AvgIpc) is 2.98. The molecule has 0 atom stereocenters. The summed E-state index contributed by atoms with van der Waals surface area (Å²) in [6.07, 6.45) is 0. The van der Waals surface area contributed by atoms with Gasteiger partial charge in [0.25, 0.3) is 5.56 Å². The second-order valence-electron chi connectivity index (χ2n) is 5.44. The Morgan fingerprint density at radius 2 is 1.74 bits per heavy atom. The maximum Gasteiger partial charge on any atom is 0.260 e. The molecule has 2 aromatic rings. The molecule has 0 saturated carbocycles. The van der Waals surface area contributed by atoms with E-state index in [1.807, 2.05) is 31.2 Å². The monoisotopic (exact) mass is 311 g/mol. The molecule has 0 bridgehead atoms. The van der Waals surface area contributed by atoms with Crippen molar-refractivity contribution in [3.63, 3.8) is 0 Å². The molecular weight excluding hydrogens is 300 g/mol. The summed E-state index contributed by atoms with van der Waals surface area (Å²) in [6.45, 7) is 1.95. The first-order valence-corrected chi connectivity index (χ1v) is 7.01. The molecule has 23 heavy (non-hydrogen) atoms. The van der Waals surface area contributed by atoms with Gasteiger partial charge in [-0.2, -0.15) is 0 Å². The van der Waals surface area contributed by atoms with Crippen LogP contribution >= 0.6 is 0 Å². The predicted molar refractivity (Wildman–Crippen MR) is 83.4 cm³/mol. The van der Waals surface area contributed by atoms with Crippen LogP contribution in [0.2, 0.25) is 0 Å². The van der Waals surface area contributed by atoms with E-state index in [1.165, 1.54) is 0 Å². The highest BCUT2D eigenvalue weighted by molar-refractivity contribution is 5.85. The second-order valence-corrected chi connectivity index (χ2v) is 5.44. The van der Waals surface area contributed by atoms with Gasteiger partial charge in [0, 0.05) is 23.4 Å². The molecule has 1 aliphatic heterocycles. The number of fused-ring (bicyclic) bond motifs is 2. The summed E-state index contributed by atoms with van der Waals surface area (Å²) in [5, 5.41) is 0. The number of nitrogens with one attached hydrogen (secondary N) is 2. The quantitative estimate of drug-likeness (QED) is 0.564. The lowest BCUT2D eigenvalue weighted by Crippen LogP contribution is -2.01. The van der Waals surface area contributed by atoms with Crippen molar-refractivity contribution in [2.24, 2.45) is 0 Å². The zero-order valence-electron chi connectivity index (χ0n) is 12.1. The lowest BCUT2D eigenvalue weighted by atomic mass is 10.1. The van der Waals surface area contributed by atoms with Crippen LogP contribution in [0.25, 0.3) is 33.7 Å². The SMILES string of the molecule is Cc1ccc2[nH]c(=O)c(-c3nc4cc(F)c(F)cc4[nH]3)c-2cc1. The van der Waals surface area contributed by atoms with E-state index in [2.05, 4.69) is 15.0 Å². The number of benzene rings is 1. The van der Waals surface area contributed by atoms with Crippen molar-refractivity contribution in [1.82, 2.24) is 15.0 Å². The van der Waals surface area contributed by atoms with Crippen molar-refractivity contribution in [1.29, 1.82) is 0 Å². The summed E-state index contributed by atoms with van der Waals surface area (Å²) >= 11 is 0. The Morgan fingerprint density at radius 3 is 2.57 bits per heavy atom. The first kappa shape index (κ1) is 13.6. The third-order valence-electron chi connectivity index (χ3n) is 3.82. The van der Waals surface area contributed by atoms with Gasteiger partial charge in [0.2, 0.25) is 0 Å². The third-order valence-corrected chi connectivity index (χ3v) is 3.82. The Hall–Kier alpha value is -3.02. The Labute approximate surface area is 129 Å². The number of H-pyrrole nitrogens is 2. The number of aromatic nitrogens is 3. The molecular formula is C17H11F2N3O. The molecule has 0 amide bonds. The van der Waals surface area contributed by atoms with Crippen LogP contribution in [0, 0.1) is 18.6 Å². The number of halogens is 2. The molecule has 1 aromatic heterocycles. The van der Waals surface area contributed by atoms with Crippen molar-refractivity contribution in [2.75, 3.05) is 0 Å². The Morgan fingerprint density at radius 1 is 1.00 bits per heavy atom. The molecule has 1 aliphatic carbocycles. The Bertz CT molecular complexity index is 1040. The van der Waals surface area contributed by atoms with E-state index in [1.54, 1.807) is 0 Å². The van der Waals surface area contributed by atoms with Crippen molar-refractivity contribution >= 4 is 11.0 Å². The van der Waals surface area contributed by atoms with Gasteiger partial charge in [-0.15, -0.1) is 0 Å². The first-order chi connectivity index (χ1) is 11.0. The molecule has 0 radical (unpaired) electrons. The van der Waals surface area contributed by atoms with Gasteiger partial charge in [-0.05, 0) is 13.0 Å². The van der Waals surface area contributed by atoms with Crippen LogP contribution in [0.15, 0.2) is 41.2 Å². The molecule has 2 N–H and O–H groups in total. The summed E-state index contributed by atoms with van der Waals surface area (Å²) in [5.74, 6) is -1.65.